The van der Waals surface area contributed by atoms with Gasteiger partial charge in [0.15, 0.2) is 0 Å². The maximum atomic E-state index is 12.0. The molecular formula is C15H21ClN6O. The lowest BCUT2D eigenvalue weighted by atomic mass is 10.1. The predicted octanol–water partition coefficient (Wildman–Crippen LogP) is 0.939. The summed E-state index contributed by atoms with van der Waals surface area (Å²) < 4.78 is 0. The molecule has 0 aliphatic carbocycles. The van der Waals surface area contributed by atoms with Gasteiger partial charge >= 0.3 is 0 Å². The van der Waals surface area contributed by atoms with E-state index in [9.17, 15) is 4.79 Å². The van der Waals surface area contributed by atoms with Gasteiger partial charge in [0.2, 0.25) is 11.7 Å². The van der Waals surface area contributed by atoms with Crippen LogP contribution in [0.3, 0.4) is 0 Å². The van der Waals surface area contributed by atoms with Gasteiger partial charge in [-0.3, -0.25) is 4.79 Å². The van der Waals surface area contributed by atoms with Crippen LogP contribution in [-0.4, -0.2) is 45.2 Å². The third-order valence-corrected chi connectivity index (χ3v) is 3.71. The molecule has 0 spiro atoms. The number of nitrogens with one attached hydrogen (secondary N) is 2. The highest BCUT2D eigenvalue weighted by molar-refractivity contribution is 5.85. The number of halogens is 1. The van der Waals surface area contributed by atoms with Crippen molar-refractivity contribution in [3.63, 3.8) is 0 Å². The molecule has 1 aliphatic rings. The summed E-state index contributed by atoms with van der Waals surface area (Å²) >= 11 is 0. The van der Waals surface area contributed by atoms with E-state index in [1.807, 2.05) is 31.2 Å². The van der Waals surface area contributed by atoms with Gasteiger partial charge in [-0.1, -0.05) is 29.8 Å². The highest BCUT2D eigenvalue weighted by atomic mass is 35.5. The predicted molar refractivity (Wildman–Crippen MR) is 89.3 cm³/mol. The molecule has 8 heteroatoms. The van der Waals surface area contributed by atoms with Crippen LogP contribution in [0, 0.1) is 6.92 Å². The second-order valence-electron chi connectivity index (χ2n) is 5.62. The molecule has 7 nitrogen and oxygen atoms in total. The van der Waals surface area contributed by atoms with E-state index in [1.165, 1.54) is 10.4 Å². The molecule has 0 bridgehead atoms. The van der Waals surface area contributed by atoms with Crippen molar-refractivity contribution in [1.29, 1.82) is 0 Å². The largest absolute Gasteiger partial charge is 0.350 e. The first-order valence-electron chi connectivity index (χ1n) is 7.55. The number of nitrogens with zero attached hydrogens (tertiary/aromatic N) is 4. The van der Waals surface area contributed by atoms with Crippen molar-refractivity contribution in [3.05, 3.63) is 29.8 Å². The smallest absolute Gasteiger partial charge is 0.243 e. The van der Waals surface area contributed by atoms with Crippen LogP contribution in [-0.2, 0) is 11.3 Å². The van der Waals surface area contributed by atoms with Crippen molar-refractivity contribution in [2.24, 2.45) is 0 Å². The molecule has 2 N–H and O–H groups in total. The van der Waals surface area contributed by atoms with E-state index in [0.717, 1.165) is 31.5 Å². The Balaban J connectivity index is 0.00000192. The van der Waals surface area contributed by atoms with Crippen molar-refractivity contribution in [2.45, 2.75) is 32.4 Å². The van der Waals surface area contributed by atoms with Crippen LogP contribution in [0.15, 0.2) is 24.3 Å². The summed E-state index contributed by atoms with van der Waals surface area (Å²) in [6, 6.07) is 8.09. The fraction of sp³-hybridized carbons (Fsp3) is 0.467. The number of carbonyl (C=O) groups is 1. The summed E-state index contributed by atoms with van der Waals surface area (Å²) in [5.41, 5.74) is 2.07. The number of hydrogen-bond donors (Lipinski definition) is 2. The summed E-state index contributed by atoms with van der Waals surface area (Å²) in [5, 5.41) is 18.5. The molecular weight excluding hydrogens is 316 g/mol. The standard InChI is InChI=1S/C15H20N6O.ClH/c1-11-4-6-12(7-5-11)15-18-20-21(19-15)10-14(22)17-13-3-2-8-16-9-13;/h4-7,13,16H,2-3,8-10H2,1H3,(H,17,22);1H/t13-;/m0./s1. The monoisotopic (exact) mass is 336 g/mol. The van der Waals surface area contributed by atoms with Gasteiger partial charge in [0.25, 0.3) is 0 Å². The zero-order valence-corrected chi connectivity index (χ0v) is 13.8. The van der Waals surface area contributed by atoms with Crippen LogP contribution < -0.4 is 10.6 Å². The summed E-state index contributed by atoms with van der Waals surface area (Å²) in [6.45, 7) is 3.97. The Morgan fingerprint density at radius 2 is 2.17 bits per heavy atom. The van der Waals surface area contributed by atoms with E-state index >= 15 is 0 Å². The topological polar surface area (TPSA) is 84.7 Å². The minimum Gasteiger partial charge on any atom is -0.350 e. The second-order valence-corrected chi connectivity index (χ2v) is 5.62. The van der Waals surface area contributed by atoms with E-state index in [-0.39, 0.29) is 30.9 Å². The number of aromatic nitrogens is 4. The van der Waals surface area contributed by atoms with Gasteiger partial charge in [0.1, 0.15) is 6.54 Å². The van der Waals surface area contributed by atoms with Crippen molar-refractivity contribution in [2.75, 3.05) is 13.1 Å². The lowest BCUT2D eigenvalue weighted by Gasteiger charge is -2.23. The summed E-state index contributed by atoms with van der Waals surface area (Å²) in [4.78, 5) is 13.3. The molecule has 1 aliphatic heterocycles. The molecule has 2 heterocycles. The fourth-order valence-corrected chi connectivity index (χ4v) is 2.51. The molecule has 1 saturated heterocycles. The Morgan fingerprint density at radius 3 is 2.87 bits per heavy atom. The van der Waals surface area contributed by atoms with Crippen molar-refractivity contribution in [3.8, 4) is 11.4 Å². The number of hydrogen-bond acceptors (Lipinski definition) is 5. The van der Waals surface area contributed by atoms with Crippen LogP contribution in [0.1, 0.15) is 18.4 Å². The molecule has 2 aromatic rings. The summed E-state index contributed by atoms with van der Waals surface area (Å²) in [7, 11) is 0. The molecule has 1 aromatic carbocycles. The molecule has 1 fully saturated rings. The Bertz CT molecular complexity index is 636. The molecule has 23 heavy (non-hydrogen) atoms. The van der Waals surface area contributed by atoms with Gasteiger partial charge in [0.05, 0.1) is 0 Å². The van der Waals surface area contributed by atoms with E-state index in [4.69, 9.17) is 0 Å². The number of amides is 1. The highest BCUT2D eigenvalue weighted by Gasteiger charge is 2.16. The van der Waals surface area contributed by atoms with Gasteiger partial charge < -0.3 is 10.6 Å². The van der Waals surface area contributed by atoms with Crippen LogP contribution in [0.4, 0.5) is 0 Å². The number of rotatable bonds is 4. The van der Waals surface area contributed by atoms with E-state index in [2.05, 4.69) is 26.0 Å². The van der Waals surface area contributed by atoms with Gasteiger partial charge in [-0.2, -0.15) is 4.80 Å². The van der Waals surface area contributed by atoms with Crippen LogP contribution in [0.25, 0.3) is 11.4 Å². The maximum absolute atomic E-state index is 12.0. The normalized spacial score (nSPS) is 17.3. The molecule has 124 valence electrons. The number of tetrazole rings is 1. The van der Waals surface area contributed by atoms with Gasteiger partial charge in [0, 0.05) is 18.2 Å². The average molecular weight is 337 g/mol. The van der Waals surface area contributed by atoms with E-state index in [0.29, 0.717) is 5.82 Å². The Kier molecular flexibility index (Phi) is 6.06. The Labute approximate surface area is 141 Å². The third-order valence-electron chi connectivity index (χ3n) is 3.71. The molecule has 0 radical (unpaired) electrons. The lowest BCUT2D eigenvalue weighted by molar-refractivity contribution is -0.122. The first kappa shape index (κ1) is 17.4. The number of carbonyl (C=O) groups excluding carboxylic acids is 1. The highest BCUT2D eigenvalue weighted by Crippen LogP contribution is 2.13. The second kappa shape index (κ2) is 8.03. The molecule has 1 atom stereocenters. The van der Waals surface area contributed by atoms with Crippen molar-refractivity contribution in [1.82, 2.24) is 30.8 Å². The zero-order valence-electron chi connectivity index (χ0n) is 13.0. The van der Waals surface area contributed by atoms with Crippen LogP contribution >= 0.6 is 12.4 Å². The first-order valence-corrected chi connectivity index (χ1v) is 7.55. The van der Waals surface area contributed by atoms with Gasteiger partial charge in [-0.05, 0) is 31.5 Å². The number of benzene rings is 1. The molecule has 0 saturated carbocycles. The maximum Gasteiger partial charge on any atom is 0.243 e. The van der Waals surface area contributed by atoms with Crippen LogP contribution in [0.5, 0.6) is 0 Å². The minimum atomic E-state index is -0.0819. The van der Waals surface area contributed by atoms with Gasteiger partial charge in [-0.15, -0.1) is 22.6 Å². The summed E-state index contributed by atoms with van der Waals surface area (Å²) in [6.07, 6.45) is 2.10. The van der Waals surface area contributed by atoms with E-state index in [1.54, 1.807) is 0 Å². The lowest BCUT2D eigenvalue weighted by Crippen LogP contribution is -2.46. The zero-order chi connectivity index (χ0) is 15.4. The molecule has 0 unspecified atom stereocenters. The fourth-order valence-electron chi connectivity index (χ4n) is 2.51. The van der Waals surface area contributed by atoms with Gasteiger partial charge in [-0.25, -0.2) is 0 Å². The molecule has 1 aromatic heterocycles. The van der Waals surface area contributed by atoms with Crippen molar-refractivity contribution >= 4 is 18.3 Å². The number of aryl methyl sites for hydroxylation is 1. The SMILES string of the molecule is Cc1ccc(-c2nnn(CC(=O)N[C@H]3CCCNC3)n2)cc1.Cl. The number of piperidine rings is 1. The van der Waals surface area contributed by atoms with E-state index < -0.39 is 0 Å². The molecule has 3 rings (SSSR count). The van der Waals surface area contributed by atoms with Crippen molar-refractivity contribution < 1.29 is 4.79 Å². The average Bonchev–Trinajstić information content (AvgIpc) is 2.97. The molecule has 1 amide bonds. The minimum absolute atomic E-state index is 0. The Hall–Kier alpha value is -1.99. The first-order chi connectivity index (χ1) is 10.7. The summed E-state index contributed by atoms with van der Waals surface area (Å²) in [5.74, 6) is 0.452. The third kappa shape index (κ3) is 4.74. The Morgan fingerprint density at radius 1 is 1.39 bits per heavy atom. The quantitative estimate of drug-likeness (QED) is 0.868. The van der Waals surface area contributed by atoms with Crippen LogP contribution in [0.2, 0.25) is 0 Å².